The summed E-state index contributed by atoms with van der Waals surface area (Å²) < 4.78 is 2.75. The molecule has 0 N–H and O–H groups in total. The van der Waals surface area contributed by atoms with Gasteiger partial charge in [0.05, 0.1) is 0 Å². The molecule has 0 bridgehead atoms. The Morgan fingerprint density at radius 3 is 1.09 bits per heavy atom. The van der Waals surface area contributed by atoms with Crippen LogP contribution in [-0.4, -0.2) is 156 Å². The zero-order valence-electron chi connectivity index (χ0n) is 31.5. The lowest BCUT2D eigenvalue weighted by atomic mass is 10.1. The maximum Gasteiger partial charge on any atom is 0.0496 e. The molecule has 1 aromatic heterocycles. The zero-order valence-corrected chi connectivity index (χ0v) is 31.5. The topological polar surface area (TPSA) is 24.4 Å². The van der Waals surface area contributed by atoms with Gasteiger partial charge in [0.1, 0.15) is 0 Å². The number of aromatic nitrogens is 1. The van der Waals surface area contributed by atoms with E-state index in [-0.39, 0.29) is 0 Å². The Hall–Kier alpha value is -2.00. The van der Waals surface area contributed by atoms with Crippen molar-refractivity contribution in [1.29, 1.82) is 0 Å². The molecule has 0 radical (unpaired) electrons. The van der Waals surface area contributed by atoms with Gasteiger partial charge < -0.3 is 34.0 Å². The fourth-order valence-corrected chi connectivity index (χ4v) is 6.84. The van der Waals surface area contributed by atoms with Gasteiger partial charge in [-0.2, -0.15) is 0 Å². The Morgan fingerprint density at radius 1 is 0.457 bits per heavy atom. The van der Waals surface area contributed by atoms with Crippen LogP contribution >= 0.6 is 0 Å². The molecular weight excluding hydrogens is 566 g/mol. The van der Waals surface area contributed by atoms with Crippen LogP contribution in [0.5, 0.6) is 0 Å². The Morgan fingerprint density at radius 2 is 0.783 bits per heavy atom. The Kier molecular flexibility index (Phi) is 16.5. The minimum atomic E-state index is 0.444. The third-order valence-electron chi connectivity index (χ3n) is 9.36. The smallest absolute Gasteiger partial charge is 0.0496 e. The van der Waals surface area contributed by atoms with Gasteiger partial charge in [-0.25, -0.2) is 0 Å². The monoisotopic (exact) mass is 636 g/mol. The van der Waals surface area contributed by atoms with Crippen LogP contribution in [0.4, 0.5) is 0 Å². The highest BCUT2D eigenvalue weighted by atomic mass is 15.2. The van der Waals surface area contributed by atoms with Crippen molar-refractivity contribution in [2.24, 2.45) is 0 Å². The highest BCUT2D eigenvalue weighted by Gasteiger charge is 2.21. The van der Waals surface area contributed by atoms with E-state index in [1.54, 1.807) is 0 Å². The second kappa shape index (κ2) is 19.7. The summed E-state index contributed by atoms with van der Waals surface area (Å²) >= 11 is 0. The Balaban J connectivity index is 1.94. The molecule has 0 fully saturated rings. The van der Waals surface area contributed by atoms with Crippen LogP contribution in [0.25, 0.3) is 21.8 Å². The highest BCUT2D eigenvalue weighted by Crippen LogP contribution is 2.35. The normalized spacial score (nSPS) is 12.7. The van der Waals surface area contributed by atoms with Crippen molar-refractivity contribution in [3.8, 4) is 0 Å². The number of nitrogens with zero attached hydrogens (tertiary/aromatic N) is 7. The fraction of sp³-hybridized carbons (Fsp3) is 0.692. The zero-order chi connectivity index (χ0) is 33.6. The molecule has 0 aliphatic heterocycles. The van der Waals surface area contributed by atoms with E-state index < -0.39 is 0 Å². The molecule has 1 heterocycles. The molecule has 2 aromatic carbocycles. The fourth-order valence-electron chi connectivity index (χ4n) is 6.84. The summed E-state index contributed by atoms with van der Waals surface area (Å²) in [6, 6.07) is 14.6. The van der Waals surface area contributed by atoms with E-state index in [4.69, 9.17) is 0 Å². The van der Waals surface area contributed by atoms with Crippen molar-refractivity contribution in [1.82, 2.24) is 34.0 Å². The van der Waals surface area contributed by atoms with E-state index >= 15 is 0 Å². The molecule has 0 saturated heterocycles. The lowest BCUT2D eigenvalue weighted by Crippen LogP contribution is -2.34. The molecule has 7 nitrogen and oxygen atoms in total. The summed E-state index contributed by atoms with van der Waals surface area (Å²) in [4.78, 5) is 14.8. The van der Waals surface area contributed by atoms with Gasteiger partial charge in [0.25, 0.3) is 0 Å². The first-order valence-electron chi connectivity index (χ1n) is 18.0. The van der Waals surface area contributed by atoms with Crippen LogP contribution in [0.15, 0.2) is 36.4 Å². The standard InChI is InChI=1S/C39H69N7/c1-33-15-17-36-37-18-16-34(2)32-39(37)46(38(36)31-33)35(19-29-44(25-11-21-40(3)4)26-12-22-41(5)6)20-30-45(27-13-23-42(7)8)28-14-24-43(9)10/h15-18,31-32,35H,11-14,19-30H2,1-10H3. The van der Waals surface area contributed by atoms with Crippen LogP contribution < -0.4 is 0 Å². The summed E-state index contributed by atoms with van der Waals surface area (Å²) in [7, 11) is 17.6. The van der Waals surface area contributed by atoms with E-state index in [1.165, 1.54) is 97.6 Å². The van der Waals surface area contributed by atoms with Gasteiger partial charge in [0.15, 0.2) is 0 Å². The summed E-state index contributed by atoms with van der Waals surface area (Å²) in [5.74, 6) is 0. The maximum atomic E-state index is 2.76. The number of aryl methyl sites for hydroxylation is 2. The second-order valence-electron chi connectivity index (χ2n) is 15.0. The van der Waals surface area contributed by atoms with Gasteiger partial charge in [-0.3, -0.25) is 0 Å². The van der Waals surface area contributed by atoms with Crippen LogP contribution in [0.2, 0.25) is 0 Å². The molecule has 0 amide bonds. The van der Waals surface area contributed by atoms with Gasteiger partial charge in [-0.15, -0.1) is 0 Å². The summed E-state index contributed by atoms with van der Waals surface area (Å²) in [5.41, 5.74) is 5.50. The molecule has 0 spiro atoms. The number of fused-ring (bicyclic) bond motifs is 3. The molecule has 0 unspecified atom stereocenters. The first-order chi connectivity index (χ1) is 21.9. The summed E-state index contributed by atoms with van der Waals surface area (Å²) in [6.45, 7) is 16.1. The highest BCUT2D eigenvalue weighted by molar-refractivity contribution is 6.08. The predicted molar refractivity (Wildman–Crippen MR) is 203 cm³/mol. The predicted octanol–water partition coefficient (Wildman–Crippen LogP) is 6.14. The molecule has 3 rings (SSSR count). The lowest BCUT2D eigenvalue weighted by Gasteiger charge is -2.30. The largest absolute Gasteiger partial charge is 0.337 e. The molecule has 0 saturated carbocycles. The van der Waals surface area contributed by atoms with Crippen molar-refractivity contribution in [3.63, 3.8) is 0 Å². The van der Waals surface area contributed by atoms with E-state index in [1.807, 2.05) is 0 Å². The van der Waals surface area contributed by atoms with Crippen LogP contribution in [0, 0.1) is 13.8 Å². The molecule has 260 valence electrons. The van der Waals surface area contributed by atoms with E-state index in [2.05, 4.69) is 141 Å². The van der Waals surface area contributed by atoms with Crippen molar-refractivity contribution < 1.29 is 0 Å². The number of rotatable bonds is 23. The molecule has 0 aliphatic rings. The van der Waals surface area contributed by atoms with Crippen molar-refractivity contribution in [2.75, 3.05) is 122 Å². The second-order valence-corrected chi connectivity index (χ2v) is 15.0. The number of hydrogen-bond acceptors (Lipinski definition) is 6. The van der Waals surface area contributed by atoms with Crippen LogP contribution in [0.3, 0.4) is 0 Å². The Bertz CT molecular complexity index is 1160. The van der Waals surface area contributed by atoms with Crippen LogP contribution in [0.1, 0.15) is 55.7 Å². The SMILES string of the molecule is Cc1ccc2c3ccc(C)cc3n(C(CCN(CCCN(C)C)CCCN(C)C)CCN(CCCN(C)C)CCCN(C)C)c2c1. The molecular formula is C39H69N7. The van der Waals surface area contributed by atoms with Crippen LogP contribution in [-0.2, 0) is 0 Å². The van der Waals surface area contributed by atoms with Gasteiger partial charge in [0, 0.05) is 40.9 Å². The van der Waals surface area contributed by atoms with Crippen molar-refractivity contribution in [3.05, 3.63) is 47.5 Å². The summed E-state index contributed by atoms with van der Waals surface area (Å²) in [5, 5.41) is 2.79. The number of benzene rings is 2. The quantitative estimate of drug-likeness (QED) is 0.124. The van der Waals surface area contributed by atoms with Gasteiger partial charge in [-0.1, -0.05) is 24.3 Å². The third kappa shape index (κ3) is 12.9. The van der Waals surface area contributed by atoms with Gasteiger partial charge in [-0.05, 0) is 184 Å². The van der Waals surface area contributed by atoms with Gasteiger partial charge in [0.2, 0.25) is 0 Å². The first kappa shape index (κ1) is 38.4. The van der Waals surface area contributed by atoms with E-state index in [0.29, 0.717) is 6.04 Å². The molecule has 0 aliphatic carbocycles. The molecule has 7 heteroatoms. The average Bonchev–Trinajstić information content (AvgIpc) is 3.27. The molecule has 46 heavy (non-hydrogen) atoms. The third-order valence-corrected chi connectivity index (χ3v) is 9.36. The Labute approximate surface area is 283 Å². The average molecular weight is 636 g/mol. The van der Waals surface area contributed by atoms with E-state index in [9.17, 15) is 0 Å². The van der Waals surface area contributed by atoms with Crippen molar-refractivity contribution >= 4 is 21.8 Å². The minimum Gasteiger partial charge on any atom is -0.337 e. The first-order valence-corrected chi connectivity index (χ1v) is 18.0. The minimum absolute atomic E-state index is 0.444. The van der Waals surface area contributed by atoms with E-state index in [0.717, 1.165) is 39.3 Å². The summed E-state index contributed by atoms with van der Waals surface area (Å²) in [6.07, 6.45) is 7.23. The lowest BCUT2D eigenvalue weighted by molar-refractivity contribution is 0.205. The maximum absolute atomic E-state index is 2.76. The number of hydrogen-bond donors (Lipinski definition) is 0. The van der Waals surface area contributed by atoms with Crippen molar-refractivity contribution in [2.45, 2.75) is 58.4 Å². The molecule has 3 aromatic rings. The molecule has 0 atom stereocenters. The van der Waals surface area contributed by atoms with Gasteiger partial charge >= 0.3 is 0 Å².